The number of halogens is 1. The Morgan fingerprint density at radius 1 is 1.46 bits per heavy atom. The zero-order valence-electron chi connectivity index (χ0n) is 8.05. The van der Waals surface area contributed by atoms with Gasteiger partial charge in [0, 0.05) is 0 Å². The van der Waals surface area contributed by atoms with Gasteiger partial charge in [0.15, 0.2) is 0 Å². The SMILES string of the molecule is CC(F)(CC1CCCCC1)C(=O)O. The molecule has 0 spiro atoms. The van der Waals surface area contributed by atoms with E-state index in [2.05, 4.69) is 0 Å². The predicted molar refractivity (Wildman–Crippen MR) is 48.3 cm³/mol. The second-order valence-electron chi connectivity index (χ2n) is 4.21. The number of hydrogen-bond donors (Lipinski definition) is 1. The number of alkyl halides is 1. The minimum atomic E-state index is -2.03. The Morgan fingerprint density at radius 2 is 2.00 bits per heavy atom. The zero-order valence-corrected chi connectivity index (χ0v) is 8.05. The first-order valence-corrected chi connectivity index (χ1v) is 4.95. The first-order chi connectivity index (χ1) is 6.02. The van der Waals surface area contributed by atoms with Crippen LogP contribution in [0.25, 0.3) is 0 Å². The summed E-state index contributed by atoms with van der Waals surface area (Å²) in [6.45, 7) is 1.17. The molecule has 0 heterocycles. The Balaban J connectivity index is 2.41. The van der Waals surface area contributed by atoms with Crippen molar-refractivity contribution < 1.29 is 14.3 Å². The fourth-order valence-electron chi connectivity index (χ4n) is 2.02. The third-order valence-electron chi connectivity index (χ3n) is 2.84. The molecule has 2 nitrogen and oxygen atoms in total. The van der Waals surface area contributed by atoms with E-state index in [0.717, 1.165) is 25.7 Å². The normalized spacial score (nSPS) is 23.8. The van der Waals surface area contributed by atoms with Gasteiger partial charge in [0.2, 0.25) is 5.67 Å². The van der Waals surface area contributed by atoms with Crippen LogP contribution in [0, 0.1) is 5.92 Å². The molecule has 0 amide bonds. The van der Waals surface area contributed by atoms with E-state index in [1.165, 1.54) is 13.3 Å². The van der Waals surface area contributed by atoms with Crippen LogP contribution in [0.4, 0.5) is 4.39 Å². The summed E-state index contributed by atoms with van der Waals surface area (Å²) in [4.78, 5) is 10.5. The number of aliphatic carboxylic acids is 1. The molecule has 1 aliphatic rings. The largest absolute Gasteiger partial charge is 0.479 e. The molecule has 1 unspecified atom stereocenters. The highest BCUT2D eigenvalue weighted by Crippen LogP contribution is 2.32. The summed E-state index contributed by atoms with van der Waals surface area (Å²) in [5.41, 5.74) is -2.03. The second kappa shape index (κ2) is 4.07. The van der Waals surface area contributed by atoms with Crippen LogP contribution in [0.2, 0.25) is 0 Å². The molecule has 0 aromatic rings. The van der Waals surface area contributed by atoms with Gasteiger partial charge in [0.25, 0.3) is 0 Å². The van der Waals surface area contributed by atoms with E-state index >= 15 is 0 Å². The lowest BCUT2D eigenvalue weighted by Gasteiger charge is -2.26. The molecule has 1 aliphatic carbocycles. The lowest BCUT2D eigenvalue weighted by atomic mass is 9.82. The van der Waals surface area contributed by atoms with Crippen molar-refractivity contribution in [2.24, 2.45) is 5.92 Å². The van der Waals surface area contributed by atoms with Gasteiger partial charge in [-0.1, -0.05) is 32.1 Å². The average Bonchev–Trinajstić information content (AvgIpc) is 2.05. The molecule has 1 atom stereocenters. The molecule has 0 aromatic carbocycles. The molecule has 1 N–H and O–H groups in total. The van der Waals surface area contributed by atoms with Gasteiger partial charge in [-0.3, -0.25) is 0 Å². The first-order valence-electron chi connectivity index (χ1n) is 4.95. The molecule has 1 fully saturated rings. The Kier molecular flexibility index (Phi) is 3.28. The van der Waals surface area contributed by atoms with Crippen LogP contribution in [0.15, 0.2) is 0 Å². The highest BCUT2D eigenvalue weighted by molar-refractivity contribution is 5.76. The molecule has 0 saturated heterocycles. The van der Waals surface area contributed by atoms with Gasteiger partial charge in [0.05, 0.1) is 0 Å². The molecule has 0 radical (unpaired) electrons. The molecule has 76 valence electrons. The third-order valence-corrected chi connectivity index (χ3v) is 2.84. The average molecular weight is 188 g/mol. The highest BCUT2D eigenvalue weighted by Gasteiger charge is 2.35. The lowest BCUT2D eigenvalue weighted by Crippen LogP contribution is -2.32. The molecule has 1 saturated carbocycles. The number of hydrogen-bond acceptors (Lipinski definition) is 1. The van der Waals surface area contributed by atoms with E-state index in [0.29, 0.717) is 0 Å². The maximum absolute atomic E-state index is 13.4. The highest BCUT2D eigenvalue weighted by atomic mass is 19.1. The smallest absolute Gasteiger partial charge is 0.341 e. The van der Waals surface area contributed by atoms with Gasteiger partial charge in [-0.25, -0.2) is 9.18 Å². The second-order valence-corrected chi connectivity index (χ2v) is 4.21. The van der Waals surface area contributed by atoms with E-state index in [1.807, 2.05) is 0 Å². The summed E-state index contributed by atoms with van der Waals surface area (Å²) in [6, 6.07) is 0. The van der Waals surface area contributed by atoms with E-state index in [4.69, 9.17) is 5.11 Å². The Hall–Kier alpha value is -0.600. The number of carboxylic acids is 1. The zero-order chi connectivity index (χ0) is 9.90. The standard InChI is InChI=1S/C10H17FO2/c1-10(11,9(12)13)7-8-5-3-2-4-6-8/h8H,2-7H2,1H3,(H,12,13). The van der Waals surface area contributed by atoms with Crippen LogP contribution in [-0.2, 0) is 4.79 Å². The van der Waals surface area contributed by atoms with Gasteiger partial charge in [-0.05, 0) is 19.3 Å². The Morgan fingerprint density at radius 3 is 2.46 bits per heavy atom. The topological polar surface area (TPSA) is 37.3 Å². The minimum Gasteiger partial charge on any atom is -0.479 e. The minimum absolute atomic E-state index is 0.183. The van der Waals surface area contributed by atoms with Crippen molar-refractivity contribution in [1.29, 1.82) is 0 Å². The van der Waals surface area contributed by atoms with Crippen molar-refractivity contribution in [2.45, 2.75) is 51.1 Å². The van der Waals surface area contributed by atoms with Crippen molar-refractivity contribution in [3.63, 3.8) is 0 Å². The van der Waals surface area contributed by atoms with Gasteiger partial charge in [-0.2, -0.15) is 0 Å². The summed E-state index contributed by atoms with van der Waals surface area (Å²) in [5.74, 6) is -1.04. The maximum Gasteiger partial charge on any atom is 0.341 e. The van der Waals surface area contributed by atoms with Crippen molar-refractivity contribution in [1.82, 2.24) is 0 Å². The summed E-state index contributed by atoms with van der Waals surface area (Å²) >= 11 is 0. The summed E-state index contributed by atoms with van der Waals surface area (Å²) < 4.78 is 13.4. The van der Waals surface area contributed by atoms with Crippen molar-refractivity contribution in [3.05, 3.63) is 0 Å². The van der Waals surface area contributed by atoms with Gasteiger partial charge in [0.1, 0.15) is 0 Å². The van der Waals surface area contributed by atoms with Crippen molar-refractivity contribution in [3.8, 4) is 0 Å². The van der Waals surface area contributed by atoms with Crippen LogP contribution in [0.1, 0.15) is 45.4 Å². The number of carboxylic acid groups (broad SMARTS) is 1. The lowest BCUT2D eigenvalue weighted by molar-refractivity contribution is -0.151. The van der Waals surface area contributed by atoms with E-state index in [1.54, 1.807) is 0 Å². The summed E-state index contributed by atoms with van der Waals surface area (Å²) in [5, 5.41) is 8.60. The third kappa shape index (κ3) is 2.98. The summed E-state index contributed by atoms with van der Waals surface area (Å²) in [7, 11) is 0. The Labute approximate surface area is 78.1 Å². The maximum atomic E-state index is 13.4. The molecule has 0 bridgehead atoms. The fraction of sp³-hybridized carbons (Fsp3) is 0.900. The van der Waals surface area contributed by atoms with Gasteiger partial charge in [-0.15, -0.1) is 0 Å². The van der Waals surface area contributed by atoms with Gasteiger partial charge < -0.3 is 5.11 Å². The van der Waals surface area contributed by atoms with E-state index < -0.39 is 11.6 Å². The predicted octanol–water partition coefficient (Wildman–Crippen LogP) is 2.77. The van der Waals surface area contributed by atoms with Crippen LogP contribution in [0.5, 0.6) is 0 Å². The van der Waals surface area contributed by atoms with Crippen molar-refractivity contribution >= 4 is 5.97 Å². The monoisotopic (exact) mass is 188 g/mol. The first kappa shape index (κ1) is 10.5. The van der Waals surface area contributed by atoms with Crippen LogP contribution < -0.4 is 0 Å². The van der Waals surface area contributed by atoms with Crippen LogP contribution in [0.3, 0.4) is 0 Å². The quantitative estimate of drug-likeness (QED) is 0.739. The van der Waals surface area contributed by atoms with Crippen molar-refractivity contribution in [2.75, 3.05) is 0 Å². The van der Waals surface area contributed by atoms with Gasteiger partial charge >= 0.3 is 5.97 Å². The number of carbonyl (C=O) groups is 1. The van der Waals surface area contributed by atoms with E-state index in [9.17, 15) is 9.18 Å². The van der Waals surface area contributed by atoms with Crippen LogP contribution >= 0.6 is 0 Å². The molecular weight excluding hydrogens is 171 g/mol. The molecular formula is C10H17FO2. The molecule has 0 aliphatic heterocycles. The molecule has 1 rings (SSSR count). The Bertz CT molecular complexity index is 183. The van der Waals surface area contributed by atoms with E-state index in [-0.39, 0.29) is 12.3 Å². The molecule has 13 heavy (non-hydrogen) atoms. The van der Waals surface area contributed by atoms with Crippen LogP contribution in [-0.4, -0.2) is 16.7 Å². The fourth-order valence-corrected chi connectivity index (χ4v) is 2.02. The molecule has 0 aromatic heterocycles. The summed E-state index contributed by atoms with van der Waals surface area (Å²) in [6.07, 6.45) is 5.63. The number of rotatable bonds is 3. The molecule has 3 heteroatoms.